The largest absolute Gasteiger partial charge is 0.492 e. The quantitative estimate of drug-likeness (QED) is 0.790. The average Bonchev–Trinajstić information content (AvgIpc) is 2.91. The average molecular weight is 285 g/mol. The first-order valence-corrected chi connectivity index (χ1v) is 7.28. The fourth-order valence-electron chi connectivity index (χ4n) is 2.94. The van der Waals surface area contributed by atoms with Gasteiger partial charge in [0.15, 0.2) is 0 Å². The molecule has 0 saturated carbocycles. The molecule has 2 aliphatic rings. The number of hydrogen-bond donors (Lipinski definition) is 2. The van der Waals surface area contributed by atoms with Gasteiger partial charge in [-0.15, -0.1) is 0 Å². The molecular weight excluding hydrogens is 270 g/mol. The molecule has 1 atom stereocenters. The lowest BCUT2D eigenvalue weighted by atomic mass is 10.00. The second kappa shape index (κ2) is 4.68. The molecule has 0 spiro atoms. The molecule has 0 bridgehead atoms. The van der Waals surface area contributed by atoms with Crippen molar-refractivity contribution in [2.75, 3.05) is 13.2 Å². The molecule has 1 aromatic carbocycles. The third-order valence-corrected chi connectivity index (χ3v) is 4.34. The van der Waals surface area contributed by atoms with Gasteiger partial charge in [0.25, 0.3) is 0 Å². The van der Waals surface area contributed by atoms with Crippen LogP contribution in [0.2, 0.25) is 0 Å². The second-order valence-corrected chi connectivity index (χ2v) is 5.60. The van der Waals surface area contributed by atoms with E-state index < -0.39 is 0 Å². The summed E-state index contributed by atoms with van der Waals surface area (Å²) in [4.78, 5) is 8.10. The molecule has 3 heterocycles. The van der Waals surface area contributed by atoms with Crippen LogP contribution in [0.5, 0.6) is 5.75 Å². The van der Waals surface area contributed by atoms with E-state index in [1.165, 1.54) is 11.3 Å². The summed E-state index contributed by atoms with van der Waals surface area (Å²) >= 11 is 5.45. The van der Waals surface area contributed by atoms with Crippen molar-refractivity contribution in [1.82, 2.24) is 15.3 Å². The predicted octanol–water partition coefficient (Wildman–Crippen LogP) is 2.31. The van der Waals surface area contributed by atoms with E-state index in [9.17, 15) is 0 Å². The minimum absolute atomic E-state index is 0.160. The fourth-order valence-corrected chi connectivity index (χ4v) is 3.23. The van der Waals surface area contributed by atoms with Crippen molar-refractivity contribution in [2.45, 2.75) is 18.9 Å². The number of rotatable bonds is 1. The predicted molar refractivity (Wildman–Crippen MR) is 78.6 cm³/mol. The molecule has 0 amide bonds. The molecular formula is C15H15N3OS. The van der Waals surface area contributed by atoms with Crippen molar-refractivity contribution in [3.8, 4) is 5.75 Å². The van der Waals surface area contributed by atoms with E-state index in [0.29, 0.717) is 11.2 Å². The first-order chi connectivity index (χ1) is 9.83. The number of ether oxygens (including phenoxy) is 1. The third-order valence-electron chi connectivity index (χ3n) is 4.01. The fraction of sp³-hybridized carbons (Fsp3) is 0.333. The summed E-state index contributed by atoms with van der Waals surface area (Å²) in [7, 11) is 0. The van der Waals surface area contributed by atoms with Crippen molar-refractivity contribution in [3.63, 3.8) is 0 Å². The zero-order valence-corrected chi connectivity index (χ0v) is 11.8. The summed E-state index contributed by atoms with van der Waals surface area (Å²) in [6.07, 6.45) is 0.976. The Hall–Kier alpha value is -1.72. The first-order valence-electron chi connectivity index (χ1n) is 6.87. The zero-order valence-electron chi connectivity index (χ0n) is 11.0. The Labute approximate surface area is 122 Å². The molecule has 2 aromatic rings. The maximum Gasteiger partial charge on any atom is 0.134 e. The van der Waals surface area contributed by atoms with Crippen LogP contribution in [0.3, 0.4) is 0 Å². The Morgan fingerprint density at radius 2 is 2.20 bits per heavy atom. The number of hydrogen-bond acceptors (Lipinski definition) is 4. The molecule has 0 saturated heterocycles. The van der Waals surface area contributed by atoms with Gasteiger partial charge in [-0.25, -0.2) is 4.98 Å². The van der Waals surface area contributed by atoms with E-state index in [4.69, 9.17) is 17.0 Å². The molecule has 0 aliphatic carbocycles. The molecule has 2 aliphatic heterocycles. The molecule has 2 N–H and O–H groups in total. The summed E-state index contributed by atoms with van der Waals surface area (Å²) in [6.45, 7) is 2.43. The summed E-state index contributed by atoms with van der Waals surface area (Å²) in [5, 5.41) is 3.34. The summed E-state index contributed by atoms with van der Waals surface area (Å²) in [5.41, 5.74) is 3.56. The van der Waals surface area contributed by atoms with Gasteiger partial charge in [0.05, 0.1) is 5.92 Å². The highest BCUT2D eigenvalue weighted by Crippen LogP contribution is 2.36. The zero-order chi connectivity index (χ0) is 13.5. The van der Waals surface area contributed by atoms with E-state index in [2.05, 4.69) is 21.4 Å². The maximum atomic E-state index is 5.74. The summed E-state index contributed by atoms with van der Waals surface area (Å²) in [6, 6.07) is 8.14. The van der Waals surface area contributed by atoms with Gasteiger partial charge >= 0.3 is 0 Å². The van der Waals surface area contributed by atoms with Gasteiger partial charge in [-0.2, -0.15) is 0 Å². The highest BCUT2D eigenvalue weighted by Gasteiger charge is 2.28. The molecule has 5 heteroatoms. The highest BCUT2D eigenvalue weighted by molar-refractivity contribution is 7.71. The number of nitrogens with one attached hydrogen (secondary N) is 2. The van der Waals surface area contributed by atoms with E-state index in [1.54, 1.807) is 0 Å². The first kappa shape index (κ1) is 12.1. The number of nitrogens with zero attached hydrogens (tertiary/aromatic N) is 1. The number of para-hydroxylation sites is 1. The summed E-state index contributed by atoms with van der Waals surface area (Å²) in [5.74, 6) is 2.05. The Morgan fingerprint density at radius 3 is 3.15 bits per heavy atom. The normalized spacial score (nSPS) is 20.1. The SMILES string of the molecule is S=c1nc(C2COc3ccccc32)[nH]c2c1CNCC2. The third kappa shape index (κ3) is 1.85. The standard InChI is InChI=1S/C15H15N3OS/c20-15-10-7-16-6-5-12(10)17-14(18-15)11-8-19-13-4-2-1-3-9(11)13/h1-4,11,16H,5-8H2,(H,17,18,20). The van der Waals surface area contributed by atoms with Gasteiger partial charge in [-0.05, 0) is 6.07 Å². The van der Waals surface area contributed by atoms with Crippen LogP contribution in [0.4, 0.5) is 0 Å². The molecule has 4 nitrogen and oxygen atoms in total. The minimum Gasteiger partial charge on any atom is -0.492 e. The van der Waals surface area contributed by atoms with Gasteiger partial charge in [-0.1, -0.05) is 30.4 Å². The molecule has 20 heavy (non-hydrogen) atoms. The van der Waals surface area contributed by atoms with Gasteiger partial charge in [0.1, 0.15) is 22.8 Å². The van der Waals surface area contributed by atoms with Crippen LogP contribution in [0.15, 0.2) is 24.3 Å². The van der Waals surface area contributed by atoms with Crippen molar-refractivity contribution in [3.05, 3.63) is 51.6 Å². The Morgan fingerprint density at radius 1 is 1.30 bits per heavy atom. The molecule has 4 rings (SSSR count). The van der Waals surface area contributed by atoms with E-state index in [-0.39, 0.29) is 5.92 Å². The smallest absolute Gasteiger partial charge is 0.134 e. The number of benzene rings is 1. The van der Waals surface area contributed by atoms with Crippen LogP contribution in [0, 0.1) is 4.64 Å². The highest BCUT2D eigenvalue weighted by atomic mass is 32.1. The number of aromatic nitrogens is 2. The monoisotopic (exact) mass is 285 g/mol. The van der Waals surface area contributed by atoms with Crippen LogP contribution in [-0.2, 0) is 13.0 Å². The van der Waals surface area contributed by atoms with E-state index in [1.807, 2.05) is 18.2 Å². The number of fused-ring (bicyclic) bond motifs is 2. The van der Waals surface area contributed by atoms with E-state index in [0.717, 1.165) is 36.6 Å². The molecule has 102 valence electrons. The summed E-state index contributed by atoms with van der Waals surface area (Å²) < 4.78 is 6.46. The van der Waals surface area contributed by atoms with Crippen molar-refractivity contribution < 1.29 is 4.74 Å². The number of aromatic amines is 1. The minimum atomic E-state index is 0.160. The maximum absolute atomic E-state index is 5.74. The molecule has 0 radical (unpaired) electrons. The lowest BCUT2D eigenvalue weighted by Gasteiger charge is -2.19. The lowest BCUT2D eigenvalue weighted by Crippen LogP contribution is -2.26. The van der Waals surface area contributed by atoms with Crippen LogP contribution in [0.1, 0.15) is 28.6 Å². The van der Waals surface area contributed by atoms with E-state index >= 15 is 0 Å². The van der Waals surface area contributed by atoms with Crippen LogP contribution in [0.25, 0.3) is 0 Å². The molecule has 1 aromatic heterocycles. The topological polar surface area (TPSA) is 49.9 Å². The van der Waals surface area contributed by atoms with Crippen LogP contribution in [-0.4, -0.2) is 23.1 Å². The van der Waals surface area contributed by atoms with Crippen molar-refractivity contribution in [2.24, 2.45) is 0 Å². The Bertz CT molecular complexity index is 725. The van der Waals surface area contributed by atoms with Crippen molar-refractivity contribution >= 4 is 12.2 Å². The Kier molecular flexibility index (Phi) is 2.82. The molecule has 1 unspecified atom stereocenters. The van der Waals surface area contributed by atoms with Crippen molar-refractivity contribution in [1.29, 1.82) is 0 Å². The number of H-pyrrole nitrogens is 1. The molecule has 0 fully saturated rings. The lowest BCUT2D eigenvalue weighted by molar-refractivity contribution is 0.339. The Balaban J connectivity index is 1.81. The second-order valence-electron chi connectivity index (χ2n) is 5.21. The van der Waals surface area contributed by atoms with Gasteiger partial charge in [-0.3, -0.25) is 0 Å². The van der Waals surface area contributed by atoms with Crippen LogP contribution < -0.4 is 10.1 Å². The van der Waals surface area contributed by atoms with Crippen LogP contribution >= 0.6 is 12.2 Å². The van der Waals surface area contributed by atoms with Gasteiger partial charge < -0.3 is 15.0 Å². The van der Waals surface area contributed by atoms with Gasteiger partial charge in [0, 0.05) is 36.3 Å². The van der Waals surface area contributed by atoms with Gasteiger partial charge in [0.2, 0.25) is 0 Å².